The standard InChI is InChI=1S/C15H12NO/c1-10-11-6-2-3-7-12(11)13-8-4-5-9-14(13)16-15(10)17/h2-10H,1H3. The second kappa shape index (κ2) is 3.74. The Bertz CT molecular complexity index is 589. The highest BCUT2D eigenvalue weighted by Crippen LogP contribution is 2.37. The fraction of sp³-hybridized carbons (Fsp3) is 0.133. The summed E-state index contributed by atoms with van der Waals surface area (Å²) in [4.78, 5) is 12.0. The Labute approximate surface area is 100 Å². The lowest BCUT2D eigenvalue weighted by molar-refractivity contribution is -0.121. The molecule has 1 aliphatic heterocycles. The van der Waals surface area contributed by atoms with Crippen LogP contribution in [0.2, 0.25) is 0 Å². The van der Waals surface area contributed by atoms with Crippen LogP contribution in [0.4, 0.5) is 5.69 Å². The van der Waals surface area contributed by atoms with E-state index in [0.717, 1.165) is 22.4 Å². The van der Waals surface area contributed by atoms with Crippen molar-refractivity contribution in [1.29, 1.82) is 0 Å². The highest BCUT2D eigenvalue weighted by atomic mass is 16.1. The molecule has 0 bridgehead atoms. The molecule has 1 aliphatic rings. The zero-order valence-electron chi connectivity index (χ0n) is 9.55. The molecule has 0 aliphatic carbocycles. The van der Waals surface area contributed by atoms with Gasteiger partial charge in [-0.2, -0.15) is 0 Å². The van der Waals surface area contributed by atoms with Gasteiger partial charge >= 0.3 is 0 Å². The van der Waals surface area contributed by atoms with Crippen molar-refractivity contribution < 1.29 is 4.79 Å². The zero-order valence-corrected chi connectivity index (χ0v) is 9.55. The minimum Gasteiger partial charge on any atom is -0.272 e. The van der Waals surface area contributed by atoms with Gasteiger partial charge in [-0.15, -0.1) is 0 Å². The monoisotopic (exact) mass is 222 g/mol. The molecule has 2 aromatic rings. The van der Waals surface area contributed by atoms with Crippen LogP contribution < -0.4 is 5.32 Å². The number of rotatable bonds is 0. The van der Waals surface area contributed by atoms with Crippen LogP contribution in [0.3, 0.4) is 0 Å². The van der Waals surface area contributed by atoms with Crippen LogP contribution in [-0.4, -0.2) is 5.91 Å². The summed E-state index contributed by atoms with van der Waals surface area (Å²) in [5, 5.41) is 4.20. The molecule has 1 heterocycles. The minimum absolute atomic E-state index is 0.0672. The van der Waals surface area contributed by atoms with Crippen molar-refractivity contribution in [3.63, 3.8) is 0 Å². The smallest absolute Gasteiger partial charge is 0.253 e. The number of hydrogen-bond acceptors (Lipinski definition) is 1. The number of carbonyl (C=O) groups excluding carboxylic acids is 1. The van der Waals surface area contributed by atoms with Crippen molar-refractivity contribution in [2.45, 2.75) is 12.8 Å². The van der Waals surface area contributed by atoms with Crippen LogP contribution in [-0.2, 0) is 4.79 Å². The van der Waals surface area contributed by atoms with Crippen molar-refractivity contribution in [3.8, 4) is 11.1 Å². The Morgan fingerprint density at radius 2 is 1.59 bits per heavy atom. The first kappa shape index (κ1) is 10.1. The number of nitrogens with zero attached hydrogens (tertiary/aromatic N) is 1. The van der Waals surface area contributed by atoms with Gasteiger partial charge in [-0.3, -0.25) is 4.79 Å². The van der Waals surface area contributed by atoms with Gasteiger partial charge < -0.3 is 0 Å². The van der Waals surface area contributed by atoms with E-state index >= 15 is 0 Å². The maximum Gasteiger partial charge on any atom is 0.253 e. The number of benzene rings is 2. The molecule has 2 heteroatoms. The summed E-state index contributed by atoms with van der Waals surface area (Å²) in [7, 11) is 0. The summed E-state index contributed by atoms with van der Waals surface area (Å²) < 4.78 is 0. The molecule has 83 valence electrons. The van der Waals surface area contributed by atoms with E-state index in [-0.39, 0.29) is 11.8 Å². The van der Waals surface area contributed by atoms with Gasteiger partial charge in [0.2, 0.25) is 0 Å². The predicted molar refractivity (Wildman–Crippen MR) is 67.1 cm³/mol. The Morgan fingerprint density at radius 1 is 0.941 bits per heavy atom. The van der Waals surface area contributed by atoms with E-state index < -0.39 is 0 Å². The van der Waals surface area contributed by atoms with Crippen molar-refractivity contribution in [1.82, 2.24) is 5.32 Å². The van der Waals surface area contributed by atoms with Crippen LogP contribution in [0.25, 0.3) is 11.1 Å². The number of amides is 1. The maximum atomic E-state index is 12.0. The zero-order chi connectivity index (χ0) is 11.8. The molecule has 1 amide bonds. The Hall–Kier alpha value is -2.09. The van der Waals surface area contributed by atoms with E-state index in [1.54, 1.807) is 0 Å². The SMILES string of the molecule is CC1C(=O)[N]c2ccccc2-c2ccccc21. The Kier molecular flexibility index (Phi) is 2.22. The maximum absolute atomic E-state index is 12.0. The average molecular weight is 222 g/mol. The summed E-state index contributed by atoms with van der Waals surface area (Å²) in [6.45, 7) is 1.91. The topological polar surface area (TPSA) is 31.2 Å². The average Bonchev–Trinajstić information content (AvgIpc) is 2.48. The third kappa shape index (κ3) is 1.53. The van der Waals surface area contributed by atoms with Gasteiger partial charge in [0.15, 0.2) is 0 Å². The van der Waals surface area contributed by atoms with Gasteiger partial charge in [0.1, 0.15) is 0 Å². The molecule has 0 spiro atoms. The minimum atomic E-state index is -0.168. The molecule has 17 heavy (non-hydrogen) atoms. The predicted octanol–water partition coefficient (Wildman–Crippen LogP) is 3.23. The molecule has 0 saturated heterocycles. The summed E-state index contributed by atoms with van der Waals surface area (Å²) in [5.74, 6) is -0.235. The molecule has 1 unspecified atom stereocenters. The highest BCUT2D eigenvalue weighted by Gasteiger charge is 2.25. The van der Waals surface area contributed by atoms with Crippen LogP contribution in [0.15, 0.2) is 48.5 Å². The van der Waals surface area contributed by atoms with Gasteiger partial charge in [-0.1, -0.05) is 42.5 Å². The normalized spacial score (nSPS) is 17.7. The first-order valence-electron chi connectivity index (χ1n) is 5.71. The largest absolute Gasteiger partial charge is 0.272 e. The van der Waals surface area contributed by atoms with Crippen molar-refractivity contribution >= 4 is 11.6 Å². The number of hydrogen-bond donors (Lipinski definition) is 0. The lowest BCUT2D eigenvalue weighted by Gasteiger charge is -2.10. The van der Waals surface area contributed by atoms with Crippen LogP contribution in [0.1, 0.15) is 18.4 Å². The lowest BCUT2D eigenvalue weighted by atomic mass is 9.92. The van der Waals surface area contributed by atoms with Crippen molar-refractivity contribution in [2.24, 2.45) is 0 Å². The number of para-hydroxylation sites is 1. The van der Waals surface area contributed by atoms with E-state index in [1.165, 1.54) is 0 Å². The second-order valence-electron chi connectivity index (χ2n) is 4.28. The summed E-state index contributed by atoms with van der Waals surface area (Å²) >= 11 is 0. The molecule has 0 N–H and O–H groups in total. The quantitative estimate of drug-likeness (QED) is 0.673. The van der Waals surface area contributed by atoms with Gasteiger partial charge in [0, 0.05) is 5.56 Å². The fourth-order valence-electron chi connectivity index (χ4n) is 2.27. The molecule has 1 radical (unpaired) electrons. The number of carbonyl (C=O) groups is 1. The Balaban J connectivity index is 2.33. The van der Waals surface area contributed by atoms with E-state index in [9.17, 15) is 4.79 Å². The number of fused-ring (bicyclic) bond motifs is 3. The fourth-order valence-corrected chi connectivity index (χ4v) is 2.27. The van der Waals surface area contributed by atoms with Crippen LogP contribution in [0, 0.1) is 0 Å². The van der Waals surface area contributed by atoms with E-state index in [2.05, 4.69) is 11.4 Å². The molecule has 0 saturated carbocycles. The highest BCUT2D eigenvalue weighted by molar-refractivity contribution is 5.95. The van der Waals surface area contributed by atoms with Gasteiger partial charge in [0.05, 0.1) is 11.6 Å². The summed E-state index contributed by atoms with van der Waals surface area (Å²) in [6, 6.07) is 15.8. The molecule has 2 nitrogen and oxygen atoms in total. The molecule has 1 atom stereocenters. The Morgan fingerprint density at radius 3 is 2.41 bits per heavy atom. The first-order chi connectivity index (χ1) is 8.27. The molecule has 3 rings (SSSR count). The van der Waals surface area contributed by atoms with Crippen LogP contribution in [0.5, 0.6) is 0 Å². The molecule has 0 fully saturated rings. The van der Waals surface area contributed by atoms with Crippen molar-refractivity contribution in [2.75, 3.05) is 0 Å². The molecular weight excluding hydrogens is 210 g/mol. The molecular formula is C15H12NO. The van der Waals surface area contributed by atoms with Crippen molar-refractivity contribution in [3.05, 3.63) is 54.1 Å². The van der Waals surface area contributed by atoms with Gasteiger partial charge in [0.25, 0.3) is 5.91 Å². The third-order valence-corrected chi connectivity index (χ3v) is 3.22. The third-order valence-electron chi connectivity index (χ3n) is 3.22. The summed E-state index contributed by atoms with van der Waals surface area (Å²) in [6.07, 6.45) is 0. The van der Waals surface area contributed by atoms with Crippen LogP contribution >= 0.6 is 0 Å². The molecule has 2 aromatic carbocycles. The van der Waals surface area contributed by atoms with E-state index in [1.807, 2.05) is 49.4 Å². The van der Waals surface area contributed by atoms with Gasteiger partial charge in [-0.25, -0.2) is 5.32 Å². The lowest BCUT2D eigenvalue weighted by Crippen LogP contribution is -2.16. The van der Waals surface area contributed by atoms with E-state index in [0.29, 0.717) is 0 Å². The first-order valence-corrected chi connectivity index (χ1v) is 5.71. The van der Waals surface area contributed by atoms with Gasteiger partial charge in [-0.05, 0) is 24.1 Å². The summed E-state index contributed by atoms with van der Waals surface area (Å²) in [5.41, 5.74) is 3.99. The second-order valence-corrected chi connectivity index (χ2v) is 4.28. The van der Waals surface area contributed by atoms with E-state index in [4.69, 9.17) is 0 Å². The molecule has 0 aromatic heterocycles.